The van der Waals surface area contributed by atoms with Crippen LogP contribution >= 0.6 is 11.3 Å². The van der Waals surface area contributed by atoms with Gasteiger partial charge in [-0.3, -0.25) is 9.36 Å². The zero-order valence-corrected chi connectivity index (χ0v) is 20.8. The summed E-state index contributed by atoms with van der Waals surface area (Å²) in [5.41, 5.74) is 3.68. The number of carbonyl (C=O) groups excluding carboxylic acids is 1. The van der Waals surface area contributed by atoms with Gasteiger partial charge >= 0.3 is 5.97 Å². The summed E-state index contributed by atoms with van der Waals surface area (Å²) in [7, 11) is 1.62. The molecule has 1 aromatic heterocycles. The summed E-state index contributed by atoms with van der Waals surface area (Å²) in [5, 5.41) is 0. The molecule has 2 heterocycles. The Bertz CT molecular complexity index is 1410. The molecule has 0 amide bonds. The Hall–Kier alpha value is -3.45. The molecule has 0 spiro atoms. The average molecular weight is 477 g/mol. The maximum atomic E-state index is 13.6. The Labute approximate surface area is 202 Å². The maximum absolute atomic E-state index is 13.6. The van der Waals surface area contributed by atoms with Crippen LogP contribution in [-0.4, -0.2) is 24.3 Å². The van der Waals surface area contributed by atoms with Crippen LogP contribution < -0.4 is 19.6 Å². The number of esters is 1. The Kier molecular flexibility index (Phi) is 6.84. The number of ether oxygens (including phenoxy) is 2. The smallest absolute Gasteiger partial charge is 0.338 e. The fraction of sp³-hybridized carbons (Fsp3) is 0.296. The highest BCUT2D eigenvalue weighted by Gasteiger charge is 2.33. The summed E-state index contributed by atoms with van der Waals surface area (Å²) in [6.45, 7) is 8.07. The minimum Gasteiger partial charge on any atom is -0.497 e. The standard InChI is InChI=1S/C27H28N2O4S/c1-6-33-26(31)23-17(4)28-27-29(24(23)20-11-9-19(10-12-20)16(2)3)25(30)22(34-27)15-18-7-13-21(32-5)14-8-18/h7-16,24H,6H2,1-5H3/b22-15-/t24-/m1/s1. The fourth-order valence-corrected chi connectivity index (χ4v) is 5.07. The lowest BCUT2D eigenvalue weighted by atomic mass is 9.93. The van der Waals surface area contributed by atoms with Crippen LogP contribution in [0.15, 0.2) is 69.6 Å². The fourth-order valence-electron chi connectivity index (χ4n) is 4.02. The lowest BCUT2D eigenvalue weighted by Crippen LogP contribution is -2.39. The second kappa shape index (κ2) is 9.81. The van der Waals surface area contributed by atoms with Gasteiger partial charge in [-0.2, -0.15) is 0 Å². The predicted molar refractivity (Wildman–Crippen MR) is 134 cm³/mol. The number of methoxy groups -OCH3 is 1. The molecule has 0 radical (unpaired) electrons. The van der Waals surface area contributed by atoms with Crippen molar-refractivity contribution < 1.29 is 14.3 Å². The first kappa shape index (κ1) is 23.7. The molecule has 34 heavy (non-hydrogen) atoms. The summed E-state index contributed by atoms with van der Waals surface area (Å²) in [6, 6.07) is 15.0. The summed E-state index contributed by atoms with van der Waals surface area (Å²) < 4.78 is 12.7. The summed E-state index contributed by atoms with van der Waals surface area (Å²) in [4.78, 5) is 31.8. The van der Waals surface area contributed by atoms with Gasteiger partial charge in [0.05, 0.1) is 35.6 Å². The van der Waals surface area contributed by atoms with Crippen LogP contribution in [0.2, 0.25) is 0 Å². The lowest BCUT2D eigenvalue weighted by Gasteiger charge is -2.25. The summed E-state index contributed by atoms with van der Waals surface area (Å²) in [6.07, 6.45) is 1.84. The quantitative estimate of drug-likeness (QED) is 0.506. The van der Waals surface area contributed by atoms with E-state index in [2.05, 4.69) is 18.8 Å². The molecule has 4 rings (SSSR count). The van der Waals surface area contributed by atoms with Gasteiger partial charge in [-0.05, 0) is 54.7 Å². The van der Waals surface area contributed by atoms with Crippen molar-refractivity contribution >= 4 is 23.4 Å². The molecule has 6 nitrogen and oxygen atoms in total. The zero-order chi connectivity index (χ0) is 24.4. The Morgan fingerprint density at radius 3 is 2.41 bits per heavy atom. The summed E-state index contributed by atoms with van der Waals surface area (Å²) >= 11 is 1.31. The number of aromatic nitrogens is 1. The Morgan fingerprint density at radius 2 is 1.82 bits per heavy atom. The molecule has 1 aliphatic heterocycles. The van der Waals surface area contributed by atoms with E-state index in [0.717, 1.165) is 16.9 Å². The molecule has 3 aromatic rings. The van der Waals surface area contributed by atoms with Crippen LogP contribution in [-0.2, 0) is 9.53 Å². The second-order valence-corrected chi connectivity index (χ2v) is 9.41. The molecule has 0 N–H and O–H groups in total. The summed E-state index contributed by atoms with van der Waals surface area (Å²) in [5.74, 6) is 0.673. The van der Waals surface area contributed by atoms with Crippen LogP contribution in [0.25, 0.3) is 6.08 Å². The van der Waals surface area contributed by atoms with Crippen LogP contribution in [0, 0.1) is 0 Å². The van der Waals surface area contributed by atoms with Gasteiger partial charge in [0.1, 0.15) is 5.75 Å². The number of carbonyl (C=O) groups is 1. The van der Waals surface area contributed by atoms with Crippen LogP contribution in [0.4, 0.5) is 0 Å². The molecule has 2 aromatic carbocycles. The third kappa shape index (κ3) is 4.48. The lowest BCUT2D eigenvalue weighted by molar-refractivity contribution is -0.139. The van der Waals surface area contributed by atoms with E-state index in [4.69, 9.17) is 9.47 Å². The van der Waals surface area contributed by atoms with E-state index < -0.39 is 12.0 Å². The van der Waals surface area contributed by atoms with E-state index >= 15 is 0 Å². The first-order chi connectivity index (χ1) is 16.3. The van der Waals surface area contributed by atoms with Gasteiger partial charge in [0.2, 0.25) is 0 Å². The number of allylic oxidation sites excluding steroid dienone is 1. The van der Waals surface area contributed by atoms with Gasteiger partial charge in [0.15, 0.2) is 4.80 Å². The van der Waals surface area contributed by atoms with Gasteiger partial charge in [0.25, 0.3) is 5.56 Å². The first-order valence-corrected chi connectivity index (χ1v) is 12.1. The molecule has 0 aliphatic carbocycles. The molecule has 176 valence electrons. The maximum Gasteiger partial charge on any atom is 0.338 e. The average Bonchev–Trinajstić information content (AvgIpc) is 3.13. The SMILES string of the molecule is CCOC(=O)C1=C(C)N=c2s/c(=C\c3ccc(OC)cc3)c(=O)n2[C@@H]1c1ccc(C(C)C)cc1. The predicted octanol–water partition coefficient (Wildman–Crippen LogP) is 3.93. The van der Waals surface area contributed by atoms with E-state index in [1.165, 1.54) is 16.9 Å². The second-order valence-electron chi connectivity index (χ2n) is 8.40. The van der Waals surface area contributed by atoms with Crippen molar-refractivity contribution in [2.24, 2.45) is 4.99 Å². The van der Waals surface area contributed by atoms with E-state index in [1.807, 2.05) is 54.6 Å². The monoisotopic (exact) mass is 476 g/mol. The number of hydrogen-bond acceptors (Lipinski definition) is 6. The highest BCUT2D eigenvalue weighted by Crippen LogP contribution is 2.31. The van der Waals surface area contributed by atoms with Crippen molar-refractivity contribution in [1.29, 1.82) is 0 Å². The van der Waals surface area contributed by atoms with E-state index in [-0.39, 0.29) is 12.2 Å². The number of rotatable bonds is 6. The zero-order valence-electron chi connectivity index (χ0n) is 20.0. The number of benzene rings is 2. The van der Waals surface area contributed by atoms with E-state index in [1.54, 1.807) is 25.5 Å². The van der Waals surface area contributed by atoms with Gasteiger partial charge in [-0.1, -0.05) is 61.6 Å². The number of fused-ring (bicyclic) bond motifs is 1. The van der Waals surface area contributed by atoms with Gasteiger partial charge in [0, 0.05) is 0 Å². The third-order valence-electron chi connectivity index (χ3n) is 5.85. The molecule has 0 bridgehead atoms. The normalized spacial score (nSPS) is 15.8. The molecule has 0 saturated heterocycles. The van der Waals surface area contributed by atoms with Gasteiger partial charge < -0.3 is 9.47 Å². The largest absolute Gasteiger partial charge is 0.497 e. The van der Waals surface area contributed by atoms with Crippen molar-refractivity contribution in [2.75, 3.05) is 13.7 Å². The molecule has 1 atom stereocenters. The molecule has 0 unspecified atom stereocenters. The van der Waals surface area contributed by atoms with Crippen molar-refractivity contribution in [2.45, 2.75) is 39.7 Å². The topological polar surface area (TPSA) is 69.9 Å². The minimum absolute atomic E-state index is 0.188. The molecule has 0 fully saturated rings. The minimum atomic E-state index is -0.602. The van der Waals surface area contributed by atoms with E-state index in [9.17, 15) is 9.59 Å². The van der Waals surface area contributed by atoms with Crippen molar-refractivity contribution in [1.82, 2.24) is 4.57 Å². The van der Waals surface area contributed by atoms with Crippen LogP contribution in [0.1, 0.15) is 56.3 Å². The van der Waals surface area contributed by atoms with Crippen molar-refractivity contribution in [3.05, 3.63) is 96.2 Å². The van der Waals surface area contributed by atoms with Crippen molar-refractivity contribution in [3.63, 3.8) is 0 Å². The third-order valence-corrected chi connectivity index (χ3v) is 6.83. The van der Waals surface area contributed by atoms with Crippen LogP contribution in [0.5, 0.6) is 5.75 Å². The number of thiazole rings is 1. The van der Waals surface area contributed by atoms with Crippen LogP contribution in [0.3, 0.4) is 0 Å². The highest BCUT2D eigenvalue weighted by atomic mass is 32.1. The Morgan fingerprint density at radius 1 is 1.15 bits per heavy atom. The Balaban J connectivity index is 1.90. The first-order valence-electron chi connectivity index (χ1n) is 11.3. The highest BCUT2D eigenvalue weighted by molar-refractivity contribution is 7.07. The number of hydrogen-bond donors (Lipinski definition) is 0. The molecular weight excluding hydrogens is 448 g/mol. The number of nitrogens with zero attached hydrogens (tertiary/aromatic N) is 2. The molecule has 7 heteroatoms. The van der Waals surface area contributed by atoms with Gasteiger partial charge in [-0.25, -0.2) is 9.79 Å². The van der Waals surface area contributed by atoms with E-state index in [0.29, 0.717) is 26.5 Å². The van der Waals surface area contributed by atoms with Crippen molar-refractivity contribution in [3.8, 4) is 5.75 Å². The molecular formula is C27H28N2O4S. The van der Waals surface area contributed by atoms with Gasteiger partial charge in [-0.15, -0.1) is 0 Å². The molecule has 0 saturated carbocycles. The molecule has 1 aliphatic rings.